The van der Waals surface area contributed by atoms with Gasteiger partial charge in [-0.05, 0) is 38.0 Å². The number of carbonyl (C=O) groups is 1. The first-order valence-corrected chi connectivity index (χ1v) is 9.37. The highest BCUT2D eigenvalue weighted by molar-refractivity contribution is 5.76. The van der Waals surface area contributed by atoms with Crippen molar-refractivity contribution in [2.45, 2.75) is 38.6 Å². The lowest BCUT2D eigenvalue weighted by molar-refractivity contribution is -0.132. The van der Waals surface area contributed by atoms with Crippen molar-refractivity contribution >= 4 is 11.6 Å². The van der Waals surface area contributed by atoms with Crippen LogP contribution in [-0.4, -0.2) is 43.1 Å². The highest BCUT2D eigenvalue weighted by atomic mass is 16.2. The summed E-state index contributed by atoms with van der Waals surface area (Å²) in [6, 6.07) is 11.0. The minimum absolute atomic E-state index is 0.0609. The standard InChI is InChI=1S/C20H23N5O2/c1-15-6-4-9-19(27)24(15)13-10-18(26)23-11-5-7-16(14-23)20-22-21-17-8-2-3-12-25(17)20/h2-4,6,8-9,12,16H,5,7,10-11,13-14H2,1H3/t16-/m1/s1. The van der Waals surface area contributed by atoms with Crippen LogP contribution in [0.1, 0.15) is 36.7 Å². The number of fused-ring (bicyclic) bond motifs is 1. The van der Waals surface area contributed by atoms with Gasteiger partial charge in [-0.15, -0.1) is 10.2 Å². The lowest BCUT2D eigenvalue weighted by atomic mass is 9.97. The lowest BCUT2D eigenvalue weighted by Gasteiger charge is -2.32. The van der Waals surface area contributed by atoms with Crippen molar-refractivity contribution in [1.82, 2.24) is 24.1 Å². The molecule has 1 aliphatic rings. The Labute approximate surface area is 157 Å². The first-order chi connectivity index (χ1) is 13.1. The predicted molar refractivity (Wildman–Crippen MR) is 102 cm³/mol. The highest BCUT2D eigenvalue weighted by Crippen LogP contribution is 2.26. The second-order valence-electron chi connectivity index (χ2n) is 7.07. The minimum Gasteiger partial charge on any atom is -0.342 e. The third kappa shape index (κ3) is 3.49. The van der Waals surface area contributed by atoms with Crippen molar-refractivity contribution in [3.63, 3.8) is 0 Å². The highest BCUT2D eigenvalue weighted by Gasteiger charge is 2.27. The summed E-state index contributed by atoms with van der Waals surface area (Å²) in [6.45, 7) is 3.71. The normalized spacial score (nSPS) is 17.4. The van der Waals surface area contributed by atoms with E-state index in [1.54, 1.807) is 10.6 Å². The SMILES string of the molecule is Cc1cccc(=O)n1CCC(=O)N1CCC[C@@H](c2nnc3ccccn23)C1. The number of piperidine rings is 1. The zero-order valence-corrected chi connectivity index (χ0v) is 15.4. The Hall–Kier alpha value is -2.96. The number of hydrogen-bond donors (Lipinski definition) is 0. The van der Waals surface area contributed by atoms with Crippen molar-refractivity contribution in [3.05, 3.63) is 64.5 Å². The van der Waals surface area contributed by atoms with Crippen LogP contribution in [0.5, 0.6) is 0 Å². The van der Waals surface area contributed by atoms with E-state index >= 15 is 0 Å². The molecule has 0 bridgehead atoms. The summed E-state index contributed by atoms with van der Waals surface area (Å²) in [6.07, 6.45) is 4.24. The van der Waals surface area contributed by atoms with Gasteiger partial charge in [-0.25, -0.2) is 0 Å². The zero-order chi connectivity index (χ0) is 18.8. The van der Waals surface area contributed by atoms with Crippen molar-refractivity contribution in [2.75, 3.05) is 13.1 Å². The summed E-state index contributed by atoms with van der Waals surface area (Å²) in [4.78, 5) is 26.6. The van der Waals surface area contributed by atoms with E-state index < -0.39 is 0 Å². The van der Waals surface area contributed by atoms with E-state index in [9.17, 15) is 9.59 Å². The molecule has 4 heterocycles. The monoisotopic (exact) mass is 365 g/mol. The molecule has 3 aromatic heterocycles. The maximum atomic E-state index is 12.7. The predicted octanol–water partition coefficient (Wildman–Crippen LogP) is 2.00. The second kappa shape index (κ2) is 7.34. The van der Waals surface area contributed by atoms with E-state index in [-0.39, 0.29) is 17.4 Å². The molecular weight excluding hydrogens is 342 g/mol. The van der Waals surface area contributed by atoms with Crippen LogP contribution >= 0.6 is 0 Å². The van der Waals surface area contributed by atoms with Gasteiger partial charge >= 0.3 is 0 Å². The van der Waals surface area contributed by atoms with E-state index in [4.69, 9.17) is 0 Å². The molecule has 0 aliphatic carbocycles. The molecule has 0 unspecified atom stereocenters. The van der Waals surface area contributed by atoms with E-state index in [0.717, 1.165) is 36.6 Å². The van der Waals surface area contributed by atoms with Crippen molar-refractivity contribution in [1.29, 1.82) is 0 Å². The molecule has 0 radical (unpaired) electrons. The molecule has 1 atom stereocenters. The molecule has 7 nitrogen and oxygen atoms in total. The summed E-state index contributed by atoms with van der Waals surface area (Å²) in [5.41, 5.74) is 1.64. The summed E-state index contributed by atoms with van der Waals surface area (Å²) >= 11 is 0. The number of hydrogen-bond acceptors (Lipinski definition) is 4. The molecule has 0 N–H and O–H groups in total. The van der Waals surface area contributed by atoms with Crippen molar-refractivity contribution in [2.24, 2.45) is 0 Å². The van der Waals surface area contributed by atoms with Crippen LogP contribution < -0.4 is 5.56 Å². The van der Waals surface area contributed by atoms with Gasteiger partial charge < -0.3 is 9.47 Å². The molecule has 27 heavy (non-hydrogen) atoms. The molecule has 3 aromatic rings. The van der Waals surface area contributed by atoms with Gasteiger partial charge in [0, 0.05) is 49.9 Å². The van der Waals surface area contributed by atoms with Crippen LogP contribution in [0.2, 0.25) is 0 Å². The molecule has 0 aromatic carbocycles. The Morgan fingerprint density at radius 1 is 1.19 bits per heavy atom. The van der Waals surface area contributed by atoms with E-state index in [1.807, 2.05) is 46.7 Å². The largest absolute Gasteiger partial charge is 0.342 e. The number of aryl methyl sites for hydroxylation is 1. The number of rotatable bonds is 4. The van der Waals surface area contributed by atoms with Crippen LogP contribution in [0.4, 0.5) is 0 Å². The Morgan fingerprint density at radius 3 is 2.93 bits per heavy atom. The Bertz CT molecular complexity index is 1020. The van der Waals surface area contributed by atoms with Gasteiger partial charge in [-0.3, -0.25) is 14.0 Å². The van der Waals surface area contributed by atoms with Crippen LogP contribution in [0.3, 0.4) is 0 Å². The zero-order valence-electron chi connectivity index (χ0n) is 15.4. The number of amides is 1. The topological polar surface area (TPSA) is 72.5 Å². The Balaban J connectivity index is 1.45. The smallest absolute Gasteiger partial charge is 0.250 e. The molecule has 1 saturated heterocycles. The number of nitrogens with zero attached hydrogens (tertiary/aromatic N) is 5. The van der Waals surface area contributed by atoms with E-state index in [0.29, 0.717) is 19.5 Å². The third-order valence-corrected chi connectivity index (χ3v) is 5.30. The van der Waals surface area contributed by atoms with Gasteiger partial charge in [0.15, 0.2) is 5.65 Å². The van der Waals surface area contributed by atoms with Gasteiger partial charge in [0.05, 0.1) is 0 Å². The Morgan fingerprint density at radius 2 is 2.07 bits per heavy atom. The number of likely N-dealkylation sites (tertiary alicyclic amines) is 1. The van der Waals surface area contributed by atoms with Gasteiger partial charge in [0.2, 0.25) is 5.91 Å². The molecule has 0 spiro atoms. The first-order valence-electron chi connectivity index (χ1n) is 9.37. The van der Waals surface area contributed by atoms with Crippen LogP contribution in [0.25, 0.3) is 5.65 Å². The van der Waals surface area contributed by atoms with Gasteiger partial charge in [-0.2, -0.15) is 0 Å². The fourth-order valence-corrected chi connectivity index (χ4v) is 3.83. The minimum atomic E-state index is -0.0609. The van der Waals surface area contributed by atoms with Crippen LogP contribution in [-0.2, 0) is 11.3 Å². The van der Waals surface area contributed by atoms with Gasteiger partial charge in [0.1, 0.15) is 5.82 Å². The number of carbonyl (C=O) groups excluding carboxylic acids is 1. The molecule has 1 amide bonds. The molecule has 1 aliphatic heterocycles. The quantitative estimate of drug-likeness (QED) is 0.709. The number of aromatic nitrogens is 4. The summed E-state index contributed by atoms with van der Waals surface area (Å²) in [7, 11) is 0. The van der Waals surface area contributed by atoms with Crippen LogP contribution in [0, 0.1) is 6.92 Å². The Kier molecular flexibility index (Phi) is 4.75. The summed E-state index contributed by atoms with van der Waals surface area (Å²) in [5, 5.41) is 8.59. The molecule has 140 valence electrons. The fourth-order valence-electron chi connectivity index (χ4n) is 3.83. The maximum absolute atomic E-state index is 12.7. The second-order valence-corrected chi connectivity index (χ2v) is 7.07. The molecule has 7 heteroatoms. The molecular formula is C20H23N5O2. The van der Waals surface area contributed by atoms with Crippen molar-refractivity contribution in [3.8, 4) is 0 Å². The molecule has 4 rings (SSSR count). The average molecular weight is 365 g/mol. The van der Waals surface area contributed by atoms with E-state index in [2.05, 4.69) is 10.2 Å². The fraction of sp³-hybridized carbons (Fsp3) is 0.400. The molecule has 0 saturated carbocycles. The van der Waals surface area contributed by atoms with Gasteiger partial charge in [-0.1, -0.05) is 12.1 Å². The molecule has 1 fully saturated rings. The number of pyridine rings is 2. The van der Waals surface area contributed by atoms with Crippen LogP contribution in [0.15, 0.2) is 47.4 Å². The van der Waals surface area contributed by atoms with Crippen molar-refractivity contribution < 1.29 is 4.79 Å². The first kappa shape index (κ1) is 17.5. The van der Waals surface area contributed by atoms with E-state index in [1.165, 1.54) is 6.07 Å². The maximum Gasteiger partial charge on any atom is 0.250 e. The summed E-state index contributed by atoms with van der Waals surface area (Å²) < 4.78 is 3.66. The lowest BCUT2D eigenvalue weighted by Crippen LogP contribution is -2.40. The van der Waals surface area contributed by atoms with Gasteiger partial charge in [0.25, 0.3) is 5.56 Å². The average Bonchev–Trinajstić information content (AvgIpc) is 3.12. The summed E-state index contributed by atoms with van der Waals surface area (Å²) in [5.74, 6) is 1.18. The third-order valence-electron chi connectivity index (χ3n) is 5.30.